The van der Waals surface area contributed by atoms with Crippen molar-refractivity contribution < 1.29 is 18.3 Å². The van der Waals surface area contributed by atoms with Crippen LogP contribution in [0.4, 0.5) is 0 Å². The van der Waals surface area contributed by atoms with Crippen LogP contribution in [0.2, 0.25) is 5.02 Å². The molecule has 6 heteroatoms. The molecule has 0 saturated heterocycles. The Morgan fingerprint density at radius 1 is 0.694 bits per heavy atom. The summed E-state index contributed by atoms with van der Waals surface area (Å²) in [6.07, 6.45) is 10.7. The second-order valence-electron chi connectivity index (χ2n) is 10.1. The van der Waals surface area contributed by atoms with Gasteiger partial charge in [0.25, 0.3) is 0 Å². The Morgan fingerprint density at radius 3 is 1.92 bits per heavy atom. The molecule has 0 aromatic heterocycles. The van der Waals surface area contributed by atoms with Crippen LogP contribution in [0.15, 0.2) is 70.5 Å². The predicted molar refractivity (Wildman–Crippen MR) is 143 cm³/mol. The third-order valence-electron chi connectivity index (χ3n) is 7.72. The molecule has 3 aromatic rings. The third-order valence-corrected chi connectivity index (χ3v) is 9.80. The van der Waals surface area contributed by atoms with E-state index in [4.69, 9.17) is 16.3 Å². The maximum atomic E-state index is 14.0. The molecule has 5 rings (SSSR count). The highest BCUT2D eigenvalue weighted by atomic mass is 35.5. The van der Waals surface area contributed by atoms with Crippen molar-refractivity contribution in [3.8, 4) is 17.2 Å². The predicted octanol–water partition coefficient (Wildman–Crippen LogP) is 8.77. The maximum absolute atomic E-state index is 14.0. The molecule has 1 N–H and O–H groups in total. The Hall–Kier alpha value is -2.50. The van der Waals surface area contributed by atoms with Gasteiger partial charge in [0.2, 0.25) is 9.84 Å². The Kier molecular flexibility index (Phi) is 7.59. The maximum Gasteiger partial charge on any atom is 0.206 e. The molecule has 3 aromatic carbocycles. The van der Waals surface area contributed by atoms with Crippen LogP contribution in [-0.2, 0) is 9.84 Å². The lowest BCUT2D eigenvalue weighted by Gasteiger charge is -2.25. The molecule has 2 fully saturated rings. The van der Waals surface area contributed by atoms with Crippen LogP contribution in [0, 0.1) is 0 Å². The third kappa shape index (κ3) is 5.42. The van der Waals surface area contributed by atoms with E-state index in [1.54, 1.807) is 54.6 Å². The summed E-state index contributed by atoms with van der Waals surface area (Å²) in [6.45, 7) is 0. The first-order chi connectivity index (χ1) is 17.4. The van der Waals surface area contributed by atoms with Crippen LogP contribution in [0.25, 0.3) is 0 Å². The first-order valence-electron chi connectivity index (χ1n) is 13.1. The zero-order chi connectivity index (χ0) is 25.1. The van der Waals surface area contributed by atoms with E-state index in [1.807, 2.05) is 6.07 Å². The Labute approximate surface area is 219 Å². The molecular formula is C30H33ClO4S. The lowest BCUT2D eigenvalue weighted by Crippen LogP contribution is -2.12. The molecule has 4 nitrogen and oxygen atoms in total. The number of sulfone groups is 1. The SMILES string of the molecule is O=S(=O)(c1ccc(O)c(C2CCCCC2)c1)c1ccc(Oc2ccc(Cl)cc2)cc1C1CCCCC1. The number of ether oxygens (including phenoxy) is 1. The fourth-order valence-electron chi connectivity index (χ4n) is 5.77. The average molecular weight is 525 g/mol. The van der Waals surface area contributed by atoms with Crippen molar-refractivity contribution in [2.45, 2.75) is 85.8 Å². The number of benzene rings is 3. The number of aromatic hydroxyl groups is 1. The molecule has 2 aliphatic carbocycles. The van der Waals surface area contributed by atoms with Gasteiger partial charge in [-0.2, -0.15) is 0 Å². The number of phenols is 1. The Morgan fingerprint density at radius 2 is 1.28 bits per heavy atom. The molecule has 0 radical (unpaired) electrons. The fraction of sp³-hybridized carbons (Fsp3) is 0.400. The first kappa shape index (κ1) is 25.2. The van der Waals surface area contributed by atoms with Crippen molar-refractivity contribution in [1.82, 2.24) is 0 Å². The van der Waals surface area contributed by atoms with E-state index in [0.717, 1.165) is 62.5 Å². The van der Waals surface area contributed by atoms with Crippen LogP contribution in [0.1, 0.15) is 87.2 Å². The van der Waals surface area contributed by atoms with Gasteiger partial charge in [-0.05, 0) is 109 Å². The normalized spacial score (nSPS) is 17.7. The quantitative estimate of drug-likeness (QED) is 0.350. The zero-order valence-electron chi connectivity index (χ0n) is 20.5. The molecule has 0 bridgehead atoms. The summed E-state index contributed by atoms with van der Waals surface area (Å²) in [4.78, 5) is 0.599. The molecule has 36 heavy (non-hydrogen) atoms. The van der Waals surface area contributed by atoms with Crippen molar-refractivity contribution in [1.29, 1.82) is 0 Å². The molecular weight excluding hydrogens is 492 g/mol. The summed E-state index contributed by atoms with van der Waals surface area (Å²) < 4.78 is 34.1. The summed E-state index contributed by atoms with van der Waals surface area (Å²) in [5.41, 5.74) is 1.59. The minimum absolute atomic E-state index is 0.173. The number of hydrogen-bond donors (Lipinski definition) is 1. The molecule has 2 aliphatic rings. The second-order valence-corrected chi connectivity index (χ2v) is 12.5. The van der Waals surface area contributed by atoms with E-state index in [-0.39, 0.29) is 22.5 Å². The van der Waals surface area contributed by atoms with Crippen LogP contribution < -0.4 is 4.74 Å². The van der Waals surface area contributed by atoms with Gasteiger partial charge in [-0.3, -0.25) is 0 Å². The second kappa shape index (κ2) is 10.9. The van der Waals surface area contributed by atoms with E-state index in [0.29, 0.717) is 21.4 Å². The number of rotatable bonds is 6. The van der Waals surface area contributed by atoms with Crippen LogP contribution in [-0.4, -0.2) is 13.5 Å². The van der Waals surface area contributed by atoms with Gasteiger partial charge in [0.15, 0.2) is 0 Å². The summed E-state index contributed by atoms with van der Waals surface area (Å²) in [6, 6.07) is 17.3. The van der Waals surface area contributed by atoms with Crippen LogP contribution in [0.5, 0.6) is 17.2 Å². The highest BCUT2D eigenvalue weighted by Gasteiger charge is 2.29. The molecule has 0 aliphatic heterocycles. The van der Waals surface area contributed by atoms with E-state index >= 15 is 0 Å². The van der Waals surface area contributed by atoms with Gasteiger partial charge in [-0.25, -0.2) is 8.42 Å². The highest BCUT2D eigenvalue weighted by Crippen LogP contribution is 2.42. The van der Waals surface area contributed by atoms with Gasteiger partial charge in [-0.1, -0.05) is 50.1 Å². The van der Waals surface area contributed by atoms with Crippen molar-refractivity contribution in [3.05, 3.63) is 76.8 Å². The summed E-state index contributed by atoms with van der Waals surface area (Å²) in [5, 5.41) is 11.2. The molecule has 0 unspecified atom stereocenters. The summed E-state index contributed by atoms with van der Waals surface area (Å²) in [5.74, 6) is 1.85. The number of halogens is 1. The van der Waals surface area contributed by atoms with E-state index in [1.165, 1.54) is 12.8 Å². The molecule has 2 saturated carbocycles. The molecule has 0 amide bonds. The van der Waals surface area contributed by atoms with Crippen molar-refractivity contribution in [3.63, 3.8) is 0 Å². The van der Waals surface area contributed by atoms with Gasteiger partial charge in [0.05, 0.1) is 9.79 Å². The minimum atomic E-state index is -3.78. The van der Waals surface area contributed by atoms with Crippen molar-refractivity contribution >= 4 is 21.4 Å². The monoisotopic (exact) mass is 524 g/mol. The van der Waals surface area contributed by atoms with E-state index < -0.39 is 9.84 Å². The summed E-state index contributed by atoms with van der Waals surface area (Å²) >= 11 is 6.00. The smallest absolute Gasteiger partial charge is 0.206 e. The zero-order valence-corrected chi connectivity index (χ0v) is 22.0. The van der Waals surface area contributed by atoms with Crippen molar-refractivity contribution in [2.75, 3.05) is 0 Å². The number of phenolic OH excluding ortho intramolecular Hbond substituents is 1. The van der Waals surface area contributed by atoms with Gasteiger partial charge < -0.3 is 9.84 Å². The topological polar surface area (TPSA) is 63.6 Å². The fourth-order valence-corrected chi connectivity index (χ4v) is 7.47. The van der Waals surface area contributed by atoms with Gasteiger partial charge >= 0.3 is 0 Å². The number of hydrogen-bond acceptors (Lipinski definition) is 4. The lowest BCUT2D eigenvalue weighted by molar-refractivity contribution is 0.413. The Balaban J connectivity index is 1.53. The summed E-state index contributed by atoms with van der Waals surface area (Å²) in [7, 11) is -3.78. The first-order valence-corrected chi connectivity index (χ1v) is 14.9. The van der Waals surface area contributed by atoms with Gasteiger partial charge in [-0.15, -0.1) is 0 Å². The molecule has 190 valence electrons. The lowest BCUT2D eigenvalue weighted by atomic mass is 9.84. The van der Waals surface area contributed by atoms with Crippen molar-refractivity contribution in [2.24, 2.45) is 0 Å². The largest absolute Gasteiger partial charge is 0.508 e. The van der Waals surface area contributed by atoms with Gasteiger partial charge in [0.1, 0.15) is 17.2 Å². The van der Waals surface area contributed by atoms with Crippen LogP contribution >= 0.6 is 11.6 Å². The molecule has 0 spiro atoms. The average Bonchev–Trinajstić information content (AvgIpc) is 2.91. The van der Waals surface area contributed by atoms with E-state index in [9.17, 15) is 13.5 Å². The van der Waals surface area contributed by atoms with Crippen LogP contribution in [0.3, 0.4) is 0 Å². The van der Waals surface area contributed by atoms with Gasteiger partial charge in [0, 0.05) is 5.02 Å². The molecule has 0 heterocycles. The standard InChI is InChI=1S/C30H33ClO4S/c31-23-11-13-24(14-12-23)35-25-15-18-30(28(19-25)22-9-5-2-6-10-22)36(33,34)26-16-17-29(32)27(20-26)21-7-3-1-4-8-21/h11-22,32H,1-10H2. The van der Waals surface area contributed by atoms with E-state index in [2.05, 4.69) is 0 Å². The minimum Gasteiger partial charge on any atom is -0.508 e. The highest BCUT2D eigenvalue weighted by molar-refractivity contribution is 7.91. The Bertz CT molecular complexity index is 1310. The molecule has 0 atom stereocenters.